The summed E-state index contributed by atoms with van der Waals surface area (Å²) in [6, 6.07) is -0.430. The van der Waals surface area contributed by atoms with Crippen LogP contribution in [0.3, 0.4) is 0 Å². The smallest absolute Gasteiger partial charge is 0.257 e. The molecule has 1 saturated heterocycles. The van der Waals surface area contributed by atoms with Crippen molar-refractivity contribution in [2.24, 2.45) is 0 Å². The maximum atomic E-state index is 11.3. The van der Waals surface area contributed by atoms with Crippen molar-refractivity contribution in [2.45, 2.75) is 17.5 Å². The molecule has 1 rings (SSSR count). The molecule has 0 aromatic heterocycles. The second kappa shape index (κ2) is 6.61. The highest BCUT2D eigenvalue weighted by molar-refractivity contribution is 7.91. The van der Waals surface area contributed by atoms with Gasteiger partial charge in [0.15, 0.2) is 9.84 Å². The van der Waals surface area contributed by atoms with Crippen LogP contribution in [0.4, 0.5) is 0 Å². The van der Waals surface area contributed by atoms with Crippen molar-refractivity contribution in [1.82, 2.24) is 5.32 Å². The number of nitrogens with one attached hydrogen (secondary N) is 1. The van der Waals surface area contributed by atoms with E-state index in [2.05, 4.69) is 5.32 Å². The molecule has 1 aliphatic heterocycles. The molecule has 1 heterocycles. The molecule has 0 saturated carbocycles. The molecule has 1 aliphatic rings. The maximum Gasteiger partial charge on any atom is 0.257 e. The van der Waals surface area contributed by atoms with Crippen molar-refractivity contribution in [2.75, 3.05) is 23.3 Å². The first-order valence-corrected chi connectivity index (χ1v) is 8.55. The Bertz CT molecular complexity index is 372. The molecule has 0 aromatic carbocycles. The summed E-state index contributed by atoms with van der Waals surface area (Å²) in [4.78, 5) is 0. The van der Waals surface area contributed by atoms with Crippen LogP contribution >= 0.6 is 47.0 Å². The maximum absolute atomic E-state index is 11.3. The van der Waals surface area contributed by atoms with Gasteiger partial charge in [-0.15, -0.1) is 34.8 Å². The molecule has 1 N–H and O–H groups in total. The van der Waals surface area contributed by atoms with Crippen molar-refractivity contribution in [3.8, 4) is 0 Å². The van der Waals surface area contributed by atoms with E-state index in [1.165, 1.54) is 0 Å². The van der Waals surface area contributed by atoms with Gasteiger partial charge < -0.3 is 10.1 Å². The largest absolute Gasteiger partial charge is 0.465 e. The Morgan fingerprint density at radius 1 is 1.41 bits per heavy atom. The fourth-order valence-electron chi connectivity index (χ4n) is 1.38. The molecule has 17 heavy (non-hydrogen) atoms. The fraction of sp³-hybridized carbons (Fsp3) is 0.875. The Morgan fingerprint density at radius 3 is 2.41 bits per heavy atom. The minimum absolute atomic E-state index is 0.0446. The summed E-state index contributed by atoms with van der Waals surface area (Å²) in [6.07, 6.45) is -0.398. The predicted molar refractivity (Wildman–Crippen MR) is 74.1 cm³/mol. The molecular formula is C8H12Cl3NO3S2. The molecule has 100 valence electrons. The third-order valence-electron chi connectivity index (χ3n) is 2.20. The van der Waals surface area contributed by atoms with Gasteiger partial charge in [0, 0.05) is 0 Å². The van der Waals surface area contributed by atoms with Crippen LogP contribution in [0.25, 0.3) is 0 Å². The quantitative estimate of drug-likeness (QED) is 0.614. The van der Waals surface area contributed by atoms with Crippen LogP contribution in [0.15, 0.2) is 0 Å². The van der Waals surface area contributed by atoms with Crippen LogP contribution in [-0.4, -0.2) is 54.4 Å². The monoisotopic (exact) mass is 339 g/mol. The van der Waals surface area contributed by atoms with Crippen molar-refractivity contribution >= 4 is 62.0 Å². The third kappa shape index (κ3) is 4.95. The van der Waals surface area contributed by atoms with Crippen LogP contribution in [0.5, 0.6) is 0 Å². The van der Waals surface area contributed by atoms with E-state index in [1.54, 1.807) is 0 Å². The molecule has 1 fully saturated rings. The second-order valence-electron chi connectivity index (χ2n) is 3.68. The molecule has 9 heteroatoms. The lowest BCUT2D eigenvalue weighted by atomic mass is 10.3. The number of thiocarbonyl (C=S) groups is 1. The lowest BCUT2D eigenvalue weighted by molar-refractivity contribution is 0.228. The lowest BCUT2D eigenvalue weighted by Gasteiger charge is -2.19. The van der Waals surface area contributed by atoms with Gasteiger partial charge in [-0.3, -0.25) is 0 Å². The Morgan fingerprint density at radius 2 is 2.00 bits per heavy atom. The minimum Gasteiger partial charge on any atom is -0.465 e. The summed E-state index contributed by atoms with van der Waals surface area (Å²) in [7, 11) is -3.09. The standard InChI is InChI=1S/C8H12Cl3NO3S2/c9-1-5(2-10)15-8(16)12-7-4-17(13,14)3-6(7)11/h5-7H,1-4H2,(H,12,16)/t6-,7-/m1/s1. The van der Waals surface area contributed by atoms with E-state index in [9.17, 15) is 8.42 Å². The number of hydrogen-bond acceptors (Lipinski definition) is 4. The first-order valence-electron chi connectivity index (χ1n) is 4.81. The summed E-state index contributed by atoms with van der Waals surface area (Å²) in [5, 5.41) is 2.33. The summed E-state index contributed by atoms with van der Waals surface area (Å²) in [6.45, 7) is 0. The lowest BCUT2D eigenvalue weighted by Crippen LogP contribution is -2.42. The van der Waals surface area contributed by atoms with E-state index in [0.717, 1.165) is 0 Å². The molecular weight excluding hydrogens is 329 g/mol. The number of ether oxygens (including phenoxy) is 1. The first-order chi connectivity index (χ1) is 7.88. The highest BCUT2D eigenvalue weighted by Crippen LogP contribution is 2.18. The first kappa shape index (κ1) is 15.6. The summed E-state index contributed by atoms with van der Waals surface area (Å²) in [5.74, 6) is 0.317. The van der Waals surface area contributed by atoms with Gasteiger partial charge in [0.05, 0.1) is 34.7 Å². The molecule has 2 atom stereocenters. The van der Waals surface area contributed by atoms with Crippen molar-refractivity contribution in [1.29, 1.82) is 0 Å². The summed E-state index contributed by atoms with van der Waals surface area (Å²) < 4.78 is 27.9. The van der Waals surface area contributed by atoms with Gasteiger partial charge >= 0.3 is 0 Å². The van der Waals surface area contributed by atoms with E-state index < -0.39 is 27.4 Å². The molecule has 0 radical (unpaired) electrons. The van der Waals surface area contributed by atoms with Crippen LogP contribution < -0.4 is 5.32 Å². The zero-order chi connectivity index (χ0) is 13.1. The van der Waals surface area contributed by atoms with E-state index >= 15 is 0 Å². The molecule has 0 unspecified atom stereocenters. The number of rotatable bonds is 4. The topological polar surface area (TPSA) is 55.4 Å². The van der Waals surface area contributed by atoms with Gasteiger partial charge in [0.25, 0.3) is 5.17 Å². The molecule has 0 aliphatic carbocycles. The summed E-state index contributed by atoms with van der Waals surface area (Å²) >= 11 is 22.0. The number of hydrogen-bond donors (Lipinski definition) is 1. The zero-order valence-corrected chi connectivity index (χ0v) is 12.6. The van der Waals surface area contributed by atoms with Crippen LogP contribution in [-0.2, 0) is 14.6 Å². The highest BCUT2D eigenvalue weighted by Gasteiger charge is 2.37. The molecule has 0 amide bonds. The minimum atomic E-state index is -3.09. The van der Waals surface area contributed by atoms with Crippen LogP contribution in [0, 0.1) is 0 Å². The van der Waals surface area contributed by atoms with E-state index in [1.807, 2.05) is 0 Å². The van der Waals surface area contributed by atoms with Gasteiger partial charge in [0.1, 0.15) is 6.10 Å². The molecule has 0 spiro atoms. The Kier molecular flexibility index (Phi) is 6.05. The Balaban J connectivity index is 2.47. The Labute approximate surface area is 121 Å². The average molecular weight is 341 g/mol. The fourth-order valence-corrected chi connectivity index (χ4v) is 4.67. The van der Waals surface area contributed by atoms with Gasteiger partial charge in [-0.1, -0.05) is 0 Å². The number of halogens is 3. The highest BCUT2D eigenvalue weighted by atomic mass is 35.5. The van der Waals surface area contributed by atoms with Crippen molar-refractivity contribution in [3.63, 3.8) is 0 Å². The predicted octanol–water partition coefficient (Wildman–Crippen LogP) is 1.13. The Hall–Kier alpha value is 0.510. The van der Waals surface area contributed by atoms with Gasteiger partial charge in [-0.2, -0.15) is 0 Å². The normalized spacial score (nSPS) is 27.1. The van der Waals surface area contributed by atoms with E-state index in [4.69, 9.17) is 51.8 Å². The number of sulfone groups is 1. The molecule has 0 aromatic rings. The van der Waals surface area contributed by atoms with Crippen molar-refractivity contribution < 1.29 is 13.2 Å². The van der Waals surface area contributed by atoms with E-state index in [0.29, 0.717) is 0 Å². The van der Waals surface area contributed by atoms with E-state index in [-0.39, 0.29) is 28.4 Å². The van der Waals surface area contributed by atoms with Crippen molar-refractivity contribution in [3.05, 3.63) is 0 Å². The average Bonchev–Trinajstić information content (AvgIpc) is 2.48. The summed E-state index contributed by atoms with van der Waals surface area (Å²) in [5.41, 5.74) is 0. The SMILES string of the molecule is O=S1(=O)C[C@@H](Cl)[C@H](NC(=S)OC(CCl)CCl)C1. The van der Waals surface area contributed by atoms with Gasteiger partial charge in [-0.05, 0) is 12.2 Å². The molecule has 0 bridgehead atoms. The second-order valence-corrected chi connectivity index (χ2v) is 7.38. The van der Waals surface area contributed by atoms with Gasteiger partial charge in [0.2, 0.25) is 0 Å². The van der Waals surface area contributed by atoms with Crippen LogP contribution in [0.1, 0.15) is 0 Å². The number of alkyl halides is 3. The molecule has 4 nitrogen and oxygen atoms in total. The van der Waals surface area contributed by atoms with Crippen LogP contribution in [0.2, 0.25) is 0 Å². The van der Waals surface area contributed by atoms with Gasteiger partial charge in [-0.25, -0.2) is 8.42 Å². The zero-order valence-electron chi connectivity index (χ0n) is 8.74. The third-order valence-corrected chi connectivity index (χ3v) is 5.48.